The summed E-state index contributed by atoms with van der Waals surface area (Å²) in [5, 5.41) is 32.5. The Morgan fingerprint density at radius 1 is 1.14 bits per heavy atom. The Morgan fingerprint density at radius 2 is 1.86 bits per heavy atom. The SMILES string of the molecule is CC[C@H](O)[C@@H](C)[C@H]1O[C@@H]1C[C@H](C)C=CC=C(C)[C@H]1OC(=O)C[C@H](O)CC[C@@](C)(O)[C@@H](OC(=O)N2CCC[N+](C)(C3CCCCC3)CC2)C=C[C@@H]1C. The van der Waals surface area contributed by atoms with Crippen molar-refractivity contribution in [1.29, 1.82) is 0 Å². The molecule has 3 fully saturated rings. The number of aliphatic hydroxyl groups excluding tert-OH is 2. The third kappa shape index (κ3) is 11.9. The molecule has 3 aliphatic heterocycles. The molecule has 51 heavy (non-hydrogen) atoms. The minimum absolute atomic E-state index is 0.0984. The van der Waals surface area contributed by atoms with Gasteiger partial charge in [0.2, 0.25) is 0 Å². The zero-order chi connectivity index (χ0) is 37.3. The molecule has 4 rings (SSSR count). The van der Waals surface area contributed by atoms with Crippen LogP contribution in [0.3, 0.4) is 0 Å². The molecule has 3 N–H and O–H groups in total. The molecule has 11 atom stereocenters. The fourth-order valence-corrected chi connectivity index (χ4v) is 8.42. The number of quaternary nitrogens is 1. The average molecular weight is 718 g/mol. The molecule has 0 aromatic heterocycles. The Labute approximate surface area is 307 Å². The summed E-state index contributed by atoms with van der Waals surface area (Å²) in [6, 6.07) is 0.649. The van der Waals surface area contributed by atoms with Crippen LogP contribution in [0.5, 0.6) is 0 Å². The van der Waals surface area contributed by atoms with Crippen LogP contribution in [0.2, 0.25) is 0 Å². The highest BCUT2D eigenvalue weighted by atomic mass is 16.6. The van der Waals surface area contributed by atoms with Gasteiger partial charge in [0.25, 0.3) is 0 Å². The van der Waals surface area contributed by atoms with E-state index in [9.17, 15) is 24.9 Å². The summed E-state index contributed by atoms with van der Waals surface area (Å²) in [6.07, 6.45) is 15.5. The summed E-state index contributed by atoms with van der Waals surface area (Å²) >= 11 is 0. The first-order valence-corrected chi connectivity index (χ1v) is 19.9. The Hall–Kier alpha value is -2.24. The molecule has 1 aliphatic carbocycles. The summed E-state index contributed by atoms with van der Waals surface area (Å²) in [4.78, 5) is 28.4. The van der Waals surface area contributed by atoms with E-state index < -0.39 is 36.0 Å². The second kappa shape index (κ2) is 18.7. The number of amides is 1. The first-order valence-electron chi connectivity index (χ1n) is 19.9. The lowest BCUT2D eigenvalue weighted by Gasteiger charge is -2.42. The maximum absolute atomic E-state index is 13.7. The van der Waals surface area contributed by atoms with Gasteiger partial charge in [0, 0.05) is 24.8 Å². The highest BCUT2D eigenvalue weighted by molar-refractivity contribution is 5.70. The molecule has 3 heterocycles. The fourth-order valence-electron chi connectivity index (χ4n) is 8.42. The Bertz CT molecular complexity index is 1230. The van der Waals surface area contributed by atoms with E-state index in [0.29, 0.717) is 25.6 Å². The molecule has 10 heteroatoms. The van der Waals surface area contributed by atoms with Crippen molar-refractivity contribution < 1.29 is 43.6 Å². The van der Waals surface area contributed by atoms with Gasteiger partial charge >= 0.3 is 12.1 Å². The number of cyclic esters (lactones) is 1. The van der Waals surface area contributed by atoms with Crippen molar-refractivity contribution in [1.82, 2.24) is 4.90 Å². The van der Waals surface area contributed by atoms with Gasteiger partial charge in [-0.3, -0.25) is 4.79 Å². The van der Waals surface area contributed by atoms with Crippen LogP contribution in [0, 0.1) is 17.8 Å². The molecule has 1 amide bonds. The Balaban J connectivity index is 1.43. The largest absolute Gasteiger partial charge is 0.457 e. The maximum Gasteiger partial charge on any atom is 0.410 e. The molecular formula is C41H69N2O8+. The lowest BCUT2D eigenvalue weighted by molar-refractivity contribution is -0.932. The number of rotatable bonds is 10. The van der Waals surface area contributed by atoms with Crippen molar-refractivity contribution in [3.8, 4) is 0 Å². The predicted octanol–water partition coefficient (Wildman–Crippen LogP) is 6.08. The molecule has 0 bridgehead atoms. The lowest BCUT2D eigenvalue weighted by Crippen LogP contribution is -2.55. The molecule has 0 radical (unpaired) electrons. The van der Waals surface area contributed by atoms with E-state index in [1.54, 1.807) is 17.9 Å². The first kappa shape index (κ1) is 41.5. The molecule has 0 spiro atoms. The van der Waals surface area contributed by atoms with Crippen LogP contribution in [-0.2, 0) is 19.0 Å². The van der Waals surface area contributed by atoms with Crippen molar-refractivity contribution in [2.45, 2.75) is 160 Å². The number of nitrogens with zero attached hydrogens (tertiary/aromatic N) is 2. The summed E-state index contributed by atoms with van der Waals surface area (Å²) in [7, 11) is 2.34. The topological polar surface area (TPSA) is 129 Å². The zero-order valence-corrected chi connectivity index (χ0v) is 32.5. The van der Waals surface area contributed by atoms with Crippen molar-refractivity contribution in [3.05, 3.63) is 36.0 Å². The number of allylic oxidation sites excluding steroid dienone is 3. The van der Waals surface area contributed by atoms with Gasteiger partial charge < -0.3 is 38.9 Å². The number of likely N-dealkylation sites (N-methyl/N-ethyl adjacent to an activating group) is 1. The monoisotopic (exact) mass is 718 g/mol. The molecule has 290 valence electrons. The molecule has 1 saturated carbocycles. The molecule has 1 unspecified atom stereocenters. The normalized spacial score (nSPS) is 36.7. The van der Waals surface area contributed by atoms with Gasteiger partial charge in [0.1, 0.15) is 11.7 Å². The van der Waals surface area contributed by atoms with E-state index in [0.717, 1.165) is 36.0 Å². The van der Waals surface area contributed by atoms with Crippen molar-refractivity contribution >= 4 is 12.1 Å². The Morgan fingerprint density at radius 3 is 2.57 bits per heavy atom. The minimum atomic E-state index is -1.45. The number of esters is 1. The number of epoxide rings is 1. The summed E-state index contributed by atoms with van der Waals surface area (Å²) in [6.45, 7) is 14.8. The molecule has 2 saturated heterocycles. The highest BCUT2D eigenvalue weighted by Gasteiger charge is 2.45. The third-order valence-corrected chi connectivity index (χ3v) is 12.3. The van der Waals surface area contributed by atoms with Gasteiger partial charge in [-0.1, -0.05) is 58.4 Å². The summed E-state index contributed by atoms with van der Waals surface area (Å²) < 4.78 is 18.9. The second-order valence-electron chi connectivity index (χ2n) is 16.8. The van der Waals surface area contributed by atoms with Gasteiger partial charge in [0.15, 0.2) is 6.10 Å². The summed E-state index contributed by atoms with van der Waals surface area (Å²) in [5.41, 5.74) is -0.621. The number of carbonyl (C=O) groups is 2. The molecular weight excluding hydrogens is 648 g/mol. The van der Waals surface area contributed by atoms with Crippen molar-refractivity contribution in [2.24, 2.45) is 17.8 Å². The zero-order valence-electron chi connectivity index (χ0n) is 32.5. The average Bonchev–Trinajstić information content (AvgIpc) is 3.90. The Kier molecular flexibility index (Phi) is 15.2. The van der Waals surface area contributed by atoms with Crippen LogP contribution in [0.4, 0.5) is 4.79 Å². The lowest BCUT2D eigenvalue weighted by atomic mass is 9.88. The molecule has 10 nitrogen and oxygen atoms in total. The first-order chi connectivity index (χ1) is 24.1. The third-order valence-electron chi connectivity index (χ3n) is 12.3. The minimum Gasteiger partial charge on any atom is -0.457 e. The van der Waals surface area contributed by atoms with Crippen LogP contribution >= 0.6 is 0 Å². The van der Waals surface area contributed by atoms with Crippen LogP contribution in [-0.4, -0.2) is 118 Å². The van der Waals surface area contributed by atoms with Gasteiger partial charge in [-0.25, -0.2) is 4.79 Å². The van der Waals surface area contributed by atoms with Gasteiger partial charge in [-0.15, -0.1) is 0 Å². The summed E-state index contributed by atoms with van der Waals surface area (Å²) in [5.74, 6) is -0.433. The number of ether oxygens (including phenoxy) is 3. The molecule has 4 aliphatic rings. The molecule has 0 aromatic carbocycles. The predicted molar refractivity (Wildman–Crippen MR) is 199 cm³/mol. The molecule has 0 aromatic rings. The van der Waals surface area contributed by atoms with Gasteiger partial charge in [-0.05, 0) is 82.8 Å². The van der Waals surface area contributed by atoms with Crippen LogP contribution in [0.15, 0.2) is 36.0 Å². The van der Waals surface area contributed by atoms with E-state index >= 15 is 0 Å². The van der Waals surface area contributed by atoms with E-state index in [2.05, 4.69) is 20.0 Å². The highest BCUT2D eigenvalue weighted by Crippen LogP contribution is 2.37. The van der Waals surface area contributed by atoms with E-state index in [4.69, 9.17) is 14.2 Å². The van der Waals surface area contributed by atoms with Crippen molar-refractivity contribution in [3.63, 3.8) is 0 Å². The standard InChI is InChI=1S/C41H69N2O8/c1-8-34(45)31(5)39-35(49-39)26-28(2)14-12-15-29(3)38-30(4)18-19-36(41(6,48)21-20-33(44)27-37(46)51-38)50-40(47)42-22-13-24-43(7,25-23-42)32-16-10-9-11-17-32/h12,14-15,18-19,28,30-36,38-39,44-45,48H,8-11,13,16-17,20-27H2,1-7H3/q+1/t28-,30+,31-,33-,34+,35-,36+,38-,39-,41-,43?/m1/s1. The van der Waals surface area contributed by atoms with Crippen LogP contribution < -0.4 is 0 Å². The van der Waals surface area contributed by atoms with E-state index in [1.165, 1.54) is 32.1 Å². The quantitative estimate of drug-likeness (QED) is 0.0816. The maximum atomic E-state index is 13.7. The van der Waals surface area contributed by atoms with Crippen molar-refractivity contribution in [2.75, 3.05) is 33.2 Å². The van der Waals surface area contributed by atoms with Gasteiger partial charge in [0.05, 0.1) is 63.6 Å². The number of hydrogen-bond acceptors (Lipinski definition) is 8. The second-order valence-corrected chi connectivity index (χ2v) is 16.8. The number of aliphatic hydroxyl groups is 3. The number of hydrogen-bond donors (Lipinski definition) is 3. The van der Waals surface area contributed by atoms with E-state index in [-0.39, 0.29) is 55.3 Å². The van der Waals surface area contributed by atoms with Crippen LogP contribution in [0.25, 0.3) is 0 Å². The number of carbonyl (C=O) groups excluding carboxylic acids is 2. The van der Waals surface area contributed by atoms with Crippen LogP contribution in [0.1, 0.15) is 112 Å². The van der Waals surface area contributed by atoms with Gasteiger partial charge in [-0.2, -0.15) is 0 Å². The van der Waals surface area contributed by atoms with E-state index in [1.807, 2.05) is 45.9 Å². The fraction of sp³-hybridized carbons (Fsp3) is 0.805. The smallest absolute Gasteiger partial charge is 0.410 e.